The smallest absolute Gasteiger partial charge is 0.352 e. The summed E-state index contributed by atoms with van der Waals surface area (Å²) in [5.74, 6) is -0.304. The number of benzene rings is 5. The largest absolute Gasteiger partial charge is 0.416 e. The summed E-state index contributed by atoms with van der Waals surface area (Å²) in [7, 11) is 0. The van der Waals surface area contributed by atoms with Gasteiger partial charge in [-0.3, -0.25) is 9.59 Å². The number of carbonyl (C=O) groups is 2. The Balaban J connectivity index is 1.47. The minimum Gasteiger partial charge on any atom is -0.352 e. The predicted octanol–water partition coefficient (Wildman–Crippen LogP) is 9.75. The van der Waals surface area contributed by atoms with Gasteiger partial charge in [-0.05, 0) is 70.8 Å². The molecule has 3 nitrogen and oxygen atoms in total. The Morgan fingerprint density at radius 1 is 0.408 bits per heavy atom. The van der Waals surface area contributed by atoms with Gasteiger partial charge >= 0.3 is 6.18 Å². The van der Waals surface area contributed by atoms with Crippen molar-refractivity contribution in [2.75, 3.05) is 4.90 Å². The monoisotopic (exact) mass is 649 g/mol. The van der Waals surface area contributed by atoms with Gasteiger partial charge < -0.3 is 4.90 Å². The molecule has 0 atom stereocenters. The van der Waals surface area contributed by atoms with E-state index in [1.165, 1.54) is 12.1 Å². The summed E-state index contributed by atoms with van der Waals surface area (Å²) in [5.41, 5.74) is 4.56. The van der Waals surface area contributed by atoms with Crippen LogP contribution in [-0.4, -0.2) is 23.7 Å². The van der Waals surface area contributed by atoms with Crippen molar-refractivity contribution in [1.29, 1.82) is 0 Å². The fraction of sp³-hybridized carbons (Fsp3) is 0.0698. The molecule has 0 saturated heterocycles. The number of ketones is 2. The van der Waals surface area contributed by atoms with Crippen LogP contribution in [0.5, 0.6) is 0 Å². The van der Waals surface area contributed by atoms with Crippen LogP contribution in [0, 0.1) is 0 Å². The molecule has 0 aliphatic heterocycles. The first-order valence-electron chi connectivity index (χ1n) is 15.9. The highest BCUT2D eigenvalue weighted by molar-refractivity contribution is 6.44. The summed E-state index contributed by atoms with van der Waals surface area (Å²) in [5, 5.41) is 0. The number of hydrogen-bond acceptors (Lipinski definition) is 3. The Bertz CT molecular complexity index is 1870. The van der Waals surface area contributed by atoms with Crippen LogP contribution in [0.1, 0.15) is 27.8 Å². The van der Waals surface area contributed by atoms with Crippen LogP contribution in [0.3, 0.4) is 0 Å². The lowest BCUT2D eigenvalue weighted by Crippen LogP contribution is -2.43. The molecule has 0 saturated carbocycles. The van der Waals surface area contributed by atoms with Crippen LogP contribution in [0.4, 0.5) is 18.9 Å². The molecule has 0 heterocycles. The lowest BCUT2D eigenvalue weighted by atomic mass is 9.83. The zero-order chi connectivity index (χ0) is 34.0. The van der Waals surface area contributed by atoms with Crippen LogP contribution in [0.15, 0.2) is 170 Å². The van der Waals surface area contributed by atoms with Gasteiger partial charge in [-0.25, -0.2) is 0 Å². The summed E-state index contributed by atoms with van der Waals surface area (Å²) in [6.45, 7) is 0. The van der Waals surface area contributed by atoms with Gasteiger partial charge in [0, 0.05) is 28.0 Å². The van der Waals surface area contributed by atoms with Gasteiger partial charge in [0.05, 0.1) is 17.6 Å². The van der Waals surface area contributed by atoms with Crippen LogP contribution in [0.2, 0.25) is 0 Å². The van der Waals surface area contributed by atoms with Crippen molar-refractivity contribution in [3.63, 3.8) is 0 Å². The van der Waals surface area contributed by atoms with E-state index in [9.17, 15) is 22.8 Å². The zero-order valence-corrected chi connectivity index (χ0v) is 26.2. The third-order valence-electron chi connectivity index (χ3n) is 8.80. The van der Waals surface area contributed by atoms with Crippen LogP contribution in [0.25, 0.3) is 22.3 Å². The van der Waals surface area contributed by atoms with Crippen molar-refractivity contribution in [1.82, 2.24) is 0 Å². The molecule has 0 spiro atoms. The average molecular weight is 650 g/mol. The van der Waals surface area contributed by atoms with Gasteiger partial charge in [-0.1, -0.05) is 121 Å². The second-order valence-electron chi connectivity index (χ2n) is 11.9. The lowest BCUT2D eigenvalue weighted by molar-refractivity contribution is -0.137. The standard InChI is InChI=1S/C43H30F3NO2/c44-43(45,46)33-21-23-34(24-22-33)47(35-25-37(29-13-5-1-6-14-29)41(48)38(26-35)30-15-7-2-8-16-30)36-27-39(31-17-9-3-10-18-31)42(49)40(28-36)32-19-11-4-12-20-32/h1-28,35-36H. The Labute approximate surface area is 282 Å². The normalized spacial score (nSPS) is 15.7. The van der Waals surface area contributed by atoms with E-state index in [1.807, 2.05) is 151 Å². The van der Waals surface area contributed by atoms with Crippen LogP contribution < -0.4 is 4.90 Å². The van der Waals surface area contributed by atoms with E-state index in [0.717, 1.165) is 34.4 Å². The third-order valence-corrected chi connectivity index (χ3v) is 8.80. The minimum absolute atomic E-state index is 0.152. The van der Waals surface area contributed by atoms with Gasteiger partial charge in [0.2, 0.25) is 0 Å². The molecule has 6 heteroatoms. The second-order valence-corrected chi connectivity index (χ2v) is 11.9. The topological polar surface area (TPSA) is 37.4 Å². The number of rotatable bonds is 7. The van der Waals surface area contributed by atoms with Gasteiger partial charge in [-0.15, -0.1) is 0 Å². The first-order valence-corrected chi connectivity index (χ1v) is 15.9. The molecule has 240 valence electrons. The summed E-state index contributed by atoms with van der Waals surface area (Å²) in [6.07, 6.45) is 2.95. The molecule has 2 aliphatic carbocycles. The molecule has 0 radical (unpaired) electrons. The minimum atomic E-state index is -4.51. The summed E-state index contributed by atoms with van der Waals surface area (Å²) >= 11 is 0. The predicted molar refractivity (Wildman–Crippen MR) is 189 cm³/mol. The number of Topliss-reactive ketones (excluding diaryl/α,β-unsaturated/α-hetero) is 2. The molecule has 2 aliphatic rings. The molecule has 0 bridgehead atoms. The van der Waals surface area contributed by atoms with Crippen molar-refractivity contribution in [2.24, 2.45) is 0 Å². The molecule has 5 aromatic rings. The van der Waals surface area contributed by atoms with Gasteiger partial charge in [-0.2, -0.15) is 13.2 Å². The maximum Gasteiger partial charge on any atom is 0.416 e. The number of allylic oxidation sites excluding steroid dienone is 4. The Hall–Kier alpha value is -6.01. The van der Waals surface area contributed by atoms with E-state index >= 15 is 0 Å². The van der Waals surface area contributed by atoms with E-state index in [-0.39, 0.29) is 11.6 Å². The molecule has 0 unspecified atom stereocenters. The fourth-order valence-electron chi connectivity index (χ4n) is 6.44. The molecule has 0 fully saturated rings. The van der Waals surface area contributed by atoms with E-state index in [2.05, 4.69) is 0 Å². The molecule has 7 rings (SSSR count). The number of halogens is 3. The Morgan fingerprint density at radius 3 is 0.959 bits per heavy atom. The molecule has 0 amide bonds. The zero-order valence-electron chi connectivity index (χ0n) is 26.2. The van der Waals surface area contributed by atoms with Gasteiger partial charge in [0.1, 0.15) is 0 Å². The SMILES string of the molecule is O=C1C(c2ccccc2)=CC(N(c2ccc(C(F)(F)F)cc2)C2C=C(c3ccccc3)C(=O)C(c3ccccc3)=C2)C=C1c1ccccc1. The van der Waals surface area contributed by atoms with Crippen LogP contribution >= 0.6 is 0 Å². The van der Waals surface area contributed by atoms with E-state index in [0.29, 0.717) is 28.0 Å². The summed E-state index contributed by atoms with van der Waals surface area (Å²) in [6, 6.07) is 41.2. The molecular weight excluding hydrogens is 619 g/mol. The number of alkyl halides is 3. The molecule has 49 heavy (non-hydrogen) atoms. The summed E-state index contributed by atoms with van der Waals surface area (Å²) in [4.78, 5) is 30.2. The van der Waals surface area contributed by atoms with Crippen molar-refractivity contribution < 1.29 is 22.8 Å². The molecule has 0 aromatic heterocycles. The highest BCUT2D eigenvalue weighted by Gasteiger charge is 2.35. The second kappa shape index (κ2) is 13.2. The fourth-order valence-corrected chi connectivity index (χ4v) is 6.44. The maximum absolute atomic E-state index is 14.1. The summed E-state index contributed by atoms with van der Waals surface area (Å²) < 4.78 is 41.2. The van der Waals surface area contributed by atoms with E-state index in [4.69, 9.17) is 0 Å². The van der Waals surface area contributed by atoms with Crippen LogP contribution in [-0.2, 0) is 15.8 Å². The molecule has 5 aromatic carbocycles. The highest BCUT2D eigenvalue weighted by Crippen LogP contribution is 2.39. The Kier molecular flexibility index (Phi) is 8.54. The third kappa shape index (κ3) is 6.46. The van der Waals surface area contributed by atoms with Crippen molar-refractivity contribution in [3.05, 3.63) is 198 Å². The highest BCUT2D eigenvalue weighted by atomic mass is 19.4. The first kappa shape index (κ1) is 31.6. The quantitative estimate of drug-likeness (QED) is 0.176. The Morgan fingerprint density at radius 2 is 0.694 bits per heavy atom. The lowest BCUT2D eigenvalue weighted by Gasteiger charge is -2.39. The van der Waals surface area contributed by atoms with Gasteiger partial charge in [0.15, 0.2) is 11.6 Å². The van der Waals surface area contributed by atoms with E-state index < -0.39 is 23.8 Å². The molecular formula is C43H30F3NO2. The number of hydrogen-bond donors (Lipinski definition) is 0. The van der Waals surface area contributed by atoms with Crippen molar-refractivity contribution >= 4 is 39.5 Å². The van der Waals surface area contributed by atoms with E-state index in [1.54, 1.807) is 0 Å². The van der Waals surface area contributed by atoms with Crippen molar-refractivity contribution in [2.45, 2.75) is 18.3 Å². The first-order chi connectivity index (χ1) is 23.8. The van der Waals surface area contributed by atoms with Crippen molar-refractivity contribution in [3.8, 4) is 0 Å². The molecule has 0 N–H and O–H groups in total. The maximum atomic E-state index is 14.1. The number of anilines is 1. The van der Waals surface area contributed by atoms with Gasteiger partial charge in [0.25, 0.3) is 0 Å². The number of carbonyl (C=O) groups excluding carboxylic acids is 2. The average Bonchev–Trinajstić information content (AvgIpc) is 3.14. The number of nitrogens with zero attached hydrogens (tertiary/aromatic N) is 1.